The number of ether oxygens (including phenoxy) is 1. The van der Waals surface area contributed by atoms with Crippen molar-refractivity contribution in [3.63, 3.8) is 0 Å². The van der Waals surface area contributed by atoms with Crippen LogP contribution in [0.3, 0.4) is 0 Å². The number of benzene rings is 1. The van der Waals surface area contributed by atoms with Gasteiger partial charge in [-0.25, -0.2) is 14.5 Å². The minimum absolute atomic E-state index is 0.0977. The smallest absolute Gasteiger partial charge is 0.338 e. The predicted octanol–water partition coefficient (Wildman–Crippen LogP) is 1.55. The van der Waals surface area contributed by atoms with Crippen LogP contribution in [-0.4, -0.2) is 20.7 Å². The second-order valence-electron chi connectivity index (χ2n) is 4.14. The Morgan fingerprint density at radius 2 is 2.26 bits per heavy atom. The van der Waals surface area contributed by atoms with E-state index in [1.54, 1.807) is 22.9 Å². The van der Waals surface area contributed by atoms with E-state index < -0.39 is 5.97 Å². The first-order valence-corrected chi connectivity index (χ1v) is 6.01. The van der Waals surface area contributed by atoms with E-state index in [-0.39, 0.29) is 6.61 Å². The largest absolute Gasteiger partial charge is 0.454 e. The molecule has 2 N–H and O–H groups in total. The maximum Gasteiger partial charge on any atom is 0.338 e. The van der Waals surface area contributed by atoms with Crippen molar-refractivity contribution in [1.82, 2.24) is 14.8 Å². The molecule has 0 unspecified atom stereocenters. The minimum atomic E-state index is -0.419. The molecule has 0 fully saturated rings. The van der Waals surface area contributed by atoms with E-state index in [9.17, 15) is 4.79 Å². The van der Waals surface area contributed by atoms with Gasteiger partial charge in [-0.15, -0.1) is 0 Å². The van der Waals surface area contributed by atoms with E-state index in [0.717, 1.165) is 5.56 Å². The number of hydrogen-bond donors (Lipinski definition) is 1. The molecule has 0 aliphatic carbocycles. The first-order valence-electron chi connectivity index (χ1n) is 6.01. The van der Waals surface area contributed by atoms with E-state index in [1.165, 1.54) is 6.33 Å². The standard InChI is InChI=1S/C13H16N4O2/c1-3-17-12(15-8-16-17)7-19-13(18)10-5-4-9(2)11(14)6-10/h4-6,8H,3,7,14H2,1-2H3. The average Bonchev–Trinajstić information content (AvgIpc) is 2.86. The van der Waals surface area contributed by atoms with E-state index in [1.807, 2.05) is 13.8 Å². The molecule has 0 saturated heterocycles. The summed E-state index contributed by atoms with van der Waals surface area (Å²) in [4.78, 5) is 15.9. The third-order valence-electron chi connectivity index (χ3n) is 2.84. The summed E-state index contributed by atoms with van der Waals surface area (Å²) < 4.78 is 6.87. The summed E-state index contributed by atoms with van der Waals surface area (Å²) in [6.45, 7) is 4.61. The Morgan fingerprint density at radius 3 is 2.95 bits per heavy atom. The highest BCUT2D eigenvalue weighted by Gasteiger charge is 2.11. The second-order valence-corrected chi connectivity index (χ2v) is 4.14. The lowest BCUT2D eigenvalue weighted by Crippen LogP contribution is -2.10. The van der Waals surface area contributed by atoms with Crippen molar-refractivity contribution in [1.29, 1.82) is 0 Å². The van der Waals surface area contributed by atoms with Crippen molar-refractivity contribution in [2.75, 3.05) is 5.73 Å². The number of nitrogen functional groups attached to an aromatic ring is 1. The molecule has 2 rings (SSSR count). The summed E-state index contributed by atoms with van der Waals surface area (Å²) in [6, 6.07) is 5.10. The van der Waals surface area contributed by atoms with Gasteiger partial charge in [0.1, 0.15) is 6.33 Å². The molecule has 19 heavy (non-hydrogen) atoms. The van der Waals surface area contributed by atoms with Crippen LogP contribution in [0.25, 0.3) is 0 Å². The van der Waals surface area contributed by atoms with Crippen LogP contribution in [0.15, 0.2) is 24.5 Å². The molecule has 6 heteroatoms. The van der Waals surface area contributed by atoms with E-state index in [4.69, 9.17) is 10.5 Å². The van der Waals surface area contributed by atoms with Crippen LogP contribution in [0.1, 0.15) is 28.7 Å². The molecule has 2 aromatic rings. The number of carbonyl (C=O) groups excluding carboxylic acids is 1. The molecule has 0 atom stereocenters. The highest BCUT2D eigenvalue weighted by Crippen LogP contribution is 2.14. The Labute approximate surface area is 111 Å². The molecule has 0 amide bonds. The molecule has 1 heterocycles. The maximum absolute atomic E-state index is 11.9. The zero-order valence-electron chi connectivity index (χ0n) is 11.0. The van der Waals surface area contributed by atoms with Crippen molar-refractivity contribution in [3.8, 4) is 0 Å². The van der Waals surface area contributed by atoms with Gasteiger partial charge in [-0.3, -0.25) is 0 Å². The number of carbonyl (C=O) groups is 1. The lowest BCUT2D eigenvalue weighted by molar-refractivity contribution is 0.0457. The van der Waals surface area contributed by atoms with Gasteiger partial charge in [0.25, 0.3) is 0 Å². The Kier molecular flexibility index (Phi) is 3.79. The number of esters is 1. The van der Waals surface area contributed by atoms with Gasteiger partial charge < -0.3 is 10.5 Å². The molecule has 0 aliphatic rings. The Balaban J connectivity index is 2.03. The molecular formula is C13H16N4O2. The highest BCUT2D eigenvalue weighted by atomic mass is 16.5. The maximum atomic E-state index is 11.9. The number of anilines is 1. The molecule has 0 spiro atoms. The summed E-state index contributed by atoms with van der Waals surface area (Å²) in [7, 11) is 0. The molecular weight excluding hydrogens is 244 g/mol. The van der Waals surface area contributed by atoms with Crippen molar-refractivity contribution >= 4 is 11.7 Å². The van der Waals surface area contributed by atoms with E-state index >= 15 is 0 Å². The van der Waals surface area contributed by atoms with Gasteiger partial charge in [0.2, 0.25) is 0 Å². The summed E-state index contributed by atoms with van der Waals surface area (Å²) in [5.41, 5.74) is 7.70. The zero-order valence-corrected chi connectivity index (χ0v) is 11.0. The molecule has 0 radical (unpaired) electrons. The monoisotopic (exact) mass is 260 g/mol. The lowest BCUT2D eigenvalue weighted by Gasteiger charge is -2.07. The Morgan fingerprint density at radius 1 is 1.47 bits per heavy atom. The number of aromatic nitrogens is 3. The number of aryl methyl sites for hydroxylation is 2. The average molecular weight is 260 g/mol. The van der Waals surface area contributed by atoms with E-state index in [2.05, 4.69) is 10.1 Å². The number of nitrogens with zero attached hydrogens (tertiary/aromatic N) is 3. The number of hydrogen-bond acceptors (Lipinski definition) is 5. The lowest BCUT2D eigenvalue weighted by atomic mass is 10.1. The molecule has 0 bridgehead atoms. The number of rotatable bonds is 4. The van der Waals surface area contributed by atoms with Gasteiger partial charge in [-0.1, -0.05) is 6.07 Å². The summed E-state index contributed by atoms with van der Waals surface area (Å²) in [5.74, 6) is 0.202. The Hall–Kier alpha value is -2.37. The van der Waals surface area contributed by atoms with Gasteiger partial charge in [-0.2, -0.15) is 5.10 Å². The summed E-state index contributed by atoms with van der Waals surface area (Å²) in [6.07, 6.45) is 1.44. The van der Waals surface area contributed by atoms with Gasteiger partial charge in [0.05, 0.1) is 5.56 Å². The fraction of sp³-hybridized carbons (Fsp3) is 0.308. The molecule has 0 saturated carbocycles. The van der Waals surface area contributed by atoms with Crippen LogP contribution in [-0.2, 0) is 17.9 Å². The summed E-state index contributed by atoms with van der Waals surface area (Å²) >= 11 is 0. The van der Waals surface area contributed by atoms with Crippen molar-refractivity contribution in [3.05, 3.63) is 41.5 Å². The van der Waals surface area contributed by atoms with Crippen molar-refractivity contribution in [2.24, 2.45) is 0 Å². The second kappa shape index (κ2) is 5.51. The first kappa shape index (κ1) is 13.1. The topological polar surface area (TPSA) is 83.0 Å². The molecule has 100 valence electrons. The minimum Gasteiger partial charge on any atom is -0.454 e. The Bertz CT molecular complexity index is 592. The van der Waals surface area contributed by atoms with Gasteiger partial charge >= 0.3 is 5.97 Å². The third-order valence-corrected chi connectivity index (χ3v) is 2.84. The fourth-order valence-corrected chi connectivity index (χ4v) is 1.64. The van der Waals surface area contributed by atoms with Crippen LogP contribution >= 0.6 is 0 Å². The molecule has 0 aliphatic heterocycles. The quantitative estimate of drug-likeness (QED) is 0.666. The SMILES string of the molecule is CCn1ncnc1COC(=O)c1ccc(C)c(N)c1. The van der Waals surface area contributed by atoms with Crippen LogP contribution in [0, 0.1) is 6.92 Å². The van der Waals surface area contributed by atoms with Crippen LogP contribution in [0.5, 0.6) is 0 Å². The number of nitrogens with two attached hydrogens (primary N) is 1. The fourth-order valence-electron chi connectivity index (χ4n) is 1.64. The van der Waals surface area contributed by atoms with Crippen LogP contribution in [0.4, 0.5) is 5.69 Å². The molecule has 6 nitrogen and oxygen atoms in total. The summed E-state index contributed by atoms with van der Waals surface area (Å²) in [5, 5.41) is 4.01. The van der Waals surface area contributed by atoms with Crippen LogP contribution in [0.2, 0.25) is 0 Å². The van der Waals surface area contributed by atoms with Gasteiger partial charge in [-0.05, 0) is 31.5 Å². The normalized spacial score (nSPS) is 10.4. The zero-order chi connectivity index (χ0) is 13.8. The van der Waals surface area contributed by atoms with Gasteiger partial charge in [0.15, 0.2) is 12.4 Å². The molecule has 1 aromatic carbocycles. The first-order chi connectivity index (χ1) is 9.11. The molecule has 1 aromatic heterocycles. The van der Waals surface area contributed by atoms with E-state index in [0.29, 0.717) is 23.6 Å². The van der Waals surface area contributed by atoms with Crippen LogP contribution < -0.4 is 5.73 Å². The van der Waals surface area contributed by atoms with Crippen molar-refractivity contribution in [2.45, 2.75) is 27.0 Å². The third kappa shape index (κ3) is 2.90. The predicted molar refractivity (Wildman–Crippen MR) is 70.4 cm³/mol. The van der Waals surface area contributed by atoms with Crippen molar-refractivity contribution < 1.29 is 9.53 Å². The highest BCUT2D eigenvalue weighted by molar-refractivity contribution is 5.90. The van der Waals surface area contributed by atoms with Gasteiger partial charge in [0, 0.05) is 12.2 Å².